The molecule has 8 nitrogen and oxygen atoms in total. The van der Waals surface area contributed by atoms with Crippen LogP contribution in [0, 0.1) is 0 Å². The quantitative estimate of drug-likeness (QED) is 0.835. The zero-order chi connectivity index (χ0) is 18.0. The van der Waals surface area contributed by atoms with Crippen LogP contribution in [0.3, 0.4) is 0 Å². The summed E-state index contributed by atoms with van der Waals surface area (Å²) in [6.07, 6.45) is 2.32. The van der Waals surface area contributed by atoms with Crippen molar-refractivity contribution in [1.82, 2.24) is 24.9 Å². The van der Waals surface area contributed by atoms with Crippen LogP contribution < -0.4 is 4.74 Å². The van der Waals surface area contributed by atoms with Crippen molar-refractivity contribution in [2.24, 2.45) is 0 Å². The van der Waals surface area contributed by atoms with Gasteiger partial charge in [0.25, 0.3) is 5.91 Å². The van der Waals surface area contributed by atoms with Gasteiger partial charge >= 0.3 is 0 Å². The van der Waals surface area contributed by atoms with Crippen LogP contribution in [0.4, 0.5) is 0 Å². The highest BCUT2D eigenvalue weighted by Gasteiger charge is 2.29. The third-order valence-electron chi connectivity index (χ3n) is 4.19. The maximum atomic E-state index is 13.0. The van der Waals surface area contributed by atoms with Gasteiger partial charge in [0.15, 0.2) is 5.82 Å². The van der Waals surface area contributed by atoms with E-state index in [1.807, 2.05) is 25.7 Å². The van der Waals surface area contributed by atoms with Gasteiger partial charge in [0.2, 0.25) is 5.88 Å². The van der Waals surface area contributed by atoms with Crippen molar-refractivity contribution in [3.63, 3.8) is 0 Å². The number of rotatable bonds is 4. The maximum Gasteiger partial charge on any atom is 0.257 e. The Hall–Kier alpha value is -2.48. The van der Waals surface area contributed by atoms with Crippen molar-refractivity contribution in [3.05, 3.63) is 29.6 Å². The molecule has 0 radical (unpaired) electrons. The normalized spacial score (nSPS) is 20.6. The van der Waals surface area contributed by atoms with Gasteiger partial charge in [-0.1, -0.05) is 6.92 Å². The molecule has 2 aromatic rings. The highest BCUT2D eigenvalue weighted by Crippen LogP contribution is 2.19. The second-order valence-electron chi connectivity index (χ2n) is 6.17. The number of amides is 1. The molecule has 134 valence electrons. The van der Waals surface area contributed by atoms with Crippen LogP contribution in [0.25, 0.3) is 5.82 Å². The van der Waals surface area contributed by atoms with Crippen molar-refractivity contribution >= 4 is 5.91 Å². The number of aromatic nitrogens is 4. The molecular formula is C17H23N5O3. The Labute approximate surface area is 146 Å². The first-order chi connectivity index (χ1) is 12.0. The summed E-state index contributed by atoms with van der Waals surface area (Å²) < 4.78 is 12.4. The first-order valence-corrected chi connectivity index (χ1v) is 8.43. The molecule has 2 aromatic heterocycles. The first-order valence-electron chi connectivity index (χ1n) is 8.43. The Bertz CT molecular complexity index is 733. The molecule has 0 aromatic carbocycles. The van der Waals surface area contributed by atoms with Gasteiger partial charge in [-0.05, 0) is 26.3 Å². The first kappa shape index (κ1) is 17.3. The highest BCUT2D eigenvalue weighted by atomic mass is 16.5. The van der Waals surface area contributed by atoms with Crippen LogP contribution in [0.2, 0.25) is 0 Å². The molecule has 0 saturated carbocycles. The summed E-state index contributed by atoms with van der Waals surface area (Å²) in [5.74, 6) is 0.966. The average Bonchev–Trinajstić information content (AvgIpc) is 3.04. The van der Waals surface area contributed by atoms with Gasteiger partial charge in [-0.25, -0.2) is 4.68 Å². The molecule has 0 unspecified atom stereocenters. The number of carbonyl (C=O) groups excluding carboxylic acids is 1. The Morgan fingerprint density at radius 1 is 1.28 bits per heavy atom. The number of nitrogens with zero attached hydrogens (tertiary/aromatic N) is 5. The van der Waals surface area contributed by atoms with Crippen molar-refractivity contribution in [2.75, 3.05) is 20.2 Å². The third-order valence-corrected chi connectivity index (χ3v) is 4.19. The van der Waals surface area contributed by atoms with Crippen molar-refractivity contribution in [2.45, 2.75) is 39.4 Å². The summed E-state index contributed by atoms with van der Waals surface area (Å²) in [4.78, 5) is 14.8. The molecule has 1 fully saturated rings. The Balaban J connectivity index is 1.89. The largest absolute Gasteiger partial charge is 0.480 e. The second-order valence-corrected chi connectivity index (χ2v) is 6.17. The molecular weight excluding hydrogens is 322 g/mol. The van der Waals surface area contributed by atoms with Crippen molar-refractivity contribution < 1.29 is 14.3 Å². The maximum absolute atomic E-state index is 13.0. The standard InChI is InChI=1S/C17H23N5O3/c1-5-14-13(17(23)21-9-11(2)25-12(3)10-21)8-18-22(14)15-6-7-16(24-4)20-19-15/h6-8,11-12H,5,9-10H2,1-4H3/t11-,12+. The van der Waals surface area contributed by atoms with Gasteiger partial charge in [0.1, 0.15) is 0 Å². The molecule has 1 saturated heterocycles. The molecule has 1 amide bonds. The van der Waals surface area contributed by atoms with Crippen LogP contribution in [0.1, 0.15) is 36.8 Å². The Kier molecular flexibility index (Phi) is 4.98. The minimum Gasteiger partial charge on any atom is -0.480 e. The number of hydrogen-bond acceptors (Lipinski definition) is 6. The molecule has 1 aliphatic rings. The van der Waals surface area contributed by atoms with E-state index < -0.39 is 0 Å². The second kappa shape index (κ2) is 7.18. The van der Waals surface area contributed by atoms with E-state index in [9.17, 15) is 4.79 Å². The zero-order valence-electron chi connectivity index (χ0n) is 15.0. The fourth-order valence-electron chi connectivity index (χ4n) is 3.14. The number of hydrogen-bond donors (Lipinski definition) is 0. The molecule has 0 aliphatic carbocycles. The molecule has 0 N–H and O–H groups in total. The number of carbonyl (C=O) groups is 1. The SMILES string of the molecule is CCc1c(C(=O)N2C[C@@H](C)O[C@@H](C)C2)cnn1-c1ccc(OC)nn1. The van der Waals surface area contributed by atoms with Gasteiger partial charge in [-0.3, -0.25) is 4.79 Å². The van der Waals surface area contributed by atoms with Gasteiger partial charge in [0, 0.05) is 19.2 Å². The van der Waals surface area contributed by atoms with Crippen molar-refractivity contribution in [1.29, 1.82) is 0 Å². The van der Waals surface area contributed by atoms with E-state index in [1.54, 1.807) is 23.0 Å². The van der Waals surface area contributed by atoms with E-state index in [0.717, 1.165) is 5.69 Å². The topological polar surface area (TPSA) is 82.4 Å². The van der Waals surface area contributed by atoms with Crippen LogP contribution in [-0.4, -0.2) is 63.2 Å². The number of ether oxygens (including phenoxy) is 2. The fraction of sp³-hybridized carbons (Fsp3) is 0.529. The van der Waals surface area contributed by atoms with Gasteiger partial charge in [-0.15, -0.1) is 10.2 Å². The van der Waals surface area contributed by atoms with E-state index in [-0.39, 0.29) is 18.1 Å². The summed E-state index contributed by atoms with van der Waals surface area (Å²) in [5.41, 5.74) is 1.41. The van der Waals surface area contributed by atoms with Crippen molar-refractivity contribution in [3.8, 4) is 11.7 Å². The van der Waals surface area contributed by atoms with E-state index in [1.165, 1.54) is 7.11 Å². The minimum atomic E-state index is -0.0217. The number of morpholine rings is 1. The van der Waals surface area contributed by atoms with Crippen LogP contribution in [-0.2, 0) is 11.2 Å². The van der Waals surface area contributed by atoms with Crippen LogP contribution >= 0.6 is 0 Å². The summed E-state index contributed by atoms with van der Waals surface area (Å²) in [6, 6.07) is 3.49. The predicted molar refractivity (Wildman–Crippen MR) is 91.0 cm³/mol. The highest BCUT2D eigenvalue weighted by molar-refractivity contribution is 5.95. The predicted octanol–water partition coefficient (Wildman–Crippen LogP) is 1.48. The van der Waals surface area contributed by atoms with Gasteiger partial charge < -0.3 is 14.4 Å². The van der Waals surface area contributed by atoms with Gasteiger partial charge in [-0.2, -0.15) is 5.10 Å². The molecule has 2 atom stereocenters. The molecule has 1 aliphatic heterocycles. The third kappa shape index (κ3) is 3.48. The Morgan fingerprint density at radius 3 is 2.56 bits per heavy atom. The lowest BCUT2D eigenvalue weighted by atomic mass is 10.1. The monoisotopic (exact) mass is 345 g/mol. The lowest BCUT2D eigenvalue weighted by molar-refractivity contribution is -0.0586. The fourth-order valence-corrected chi connectivity index (χ4v) is 3.14. The van der Waals surface area contributed by atoms with E-state index in [0.29, 0.717) is 36.8 Å². The lowest BCUT2D eigenvalue weighted by Crippen LogP contribution is -2.48. The van der Waals surface area contributed by atoms with E-state index in [4.69, 9.17) is 9.47 Å². The zero-order valence-corrected chi connectivity index (χ0v) is 15.0. The summed E-state index contributed by atoms with van der Waals surface area (Å²) in [7, 11) is 1.54. The lowest BCUT2D eigenvalue weighted by Gasteiger charge is -2.35. The molecule has 0 spiro atoms. The molecule has 0 bridgehead atoms. The summed E-state index contributed by atoms with van der Waals surface area (Å²) >= 11 is 0. The van der Waals surface area contributed by atoms with Crippen LogP contribution in [0.15, 0.2) is 18.3 Å². The smallest absolute Gasteiger partial charge is 0.257 e. The van der Waals surface area contributed by atoms with E-state index >= 15 is 0 Å². The van der Waals surface area contributed by atoms with Crippen LogP contribution in [0.5, 0.6) is 5.88 Å². The van der Waals surface area contributed by atoms with E-state index in [2.05, 4.69) is 15.3 Å². The molecule has 25 heavy (non-hydrogen) atoms. The summed E-state index contributed by atoms with van der Waals surface area (Å²) in [6.45, 7) is 7.12. The number of methoxy groups -OCH3 is 1. The average molecular weight is 345 g/mol. The molecule has 8 heteroatoms. The minimum absolute atomic E-state index is 0.0217. The molecule has 3 heterocycles. The van der Waals surface area contributed by atoms with Gasteiger partial charge in [0.05, 0.1) is 36.8 Å². The summed E-state index contributed by atoms with van der Waals surface area (Å²) in [5, 5.41) is 12.4. The molecule has 3 rings (SSSR count). The Morgan fingerprint density at radius 2 is 2.00 bits per heavy atom.